The summed E-state index contributed by atoms with van der Waals surface area (Å²) in [6, 6.07) is 0. The van der Waals surface area contributed by atoms with Crippen molar-refractivity contribution in [1.82, 2.24) is 66.9 Å². The van der Waals surface area contributed by atoms with Gasteiger partial charge in [0.25, 0.3) is 22.2 Å². The van der Waals surface area contributed by atoms with Crippen LogP contribution >= 0.6 is 40.3 Å². The van der Waals surface area contributed by atoms with Crippen molar-refractivity contribution in [2.24, 2.45) is 0 Å². The van der Waals surface area contributed by atoms with E-state index in [9.17, 15) is 82.1 Å². The molecule has 14 heterocycles. The molecule has 7 fully saturated rings. The minimum absolute atomic E-state index is 0.00543. The van der Waals surface area contributed by atoms with Gasteiger partial charge in [-0.05, 0) is 139 Å². The van der Waals surface area contributed by atoms with Crippen LogP contribution in [0, 0.1) is 48.5 Å². The number of ether oxygens (including phenoxy) is 7. The molecule has 53 nitrogen and oxygen atoms in total. The van der Waals surface area contributed by atoms with Crippen LogP contribution in [0.1, 0.15) is 147 Å². The molecule has 0 aliphatic carbocycles. The van der Waals surface area contributed by atoms with Crippen LogP contribution in [0.25, 0.3) is 0 Å². The zero-order valence-electron chi connectivity index (χ0n) is 73.0. The summed E-state index contributed by atoms with van der Waals surface area (Å²) in [7, 11) is 0. The highest BCUT2D eigenvalue weighted by Crippen LogP contribution is 2.58. The van der Waals surface area contributed by atoms with Crippen molar-refractivity contribution < 1.29 is 117 Å². The molecule has 16 N–H and O–H groups in total. The molecule has 6 unspecified atom stereocenters. The van der Waals surface area contributed by atoms with Crippen LogP contribution in [0.2, 0.25) is 0 Å². The van der Waals surface area contributed by atoms with E-state index in [-0.39, 0.29) is 72.0 Å². The Morgan fingerprint density at radius 2 is 0.522 bits per heavy atom. The molecule has 0 aromatic carbocycles. The number of nitrogens with one attached hydrogen (secondary N) is 4. The number of aryl methyl sites for hydroxylation is 7. The summed E-state index contributed by atoms with van der Waals surface area (Å²) in [6.07, 6.45) is -17.1. The van der Waals surface area contributed by atoms with Gasteiger partial charge in [-0.25, -0.2) is 33.6 Å². The molecule has 7 aromatic rings. The van der Waals surface area contributed by atoms with E-state index in [1.807, 2.05) is 0 Å². The predicted molar refractivity (Wildman–Crippen MR) is 496 cm³/mol. The van der Waals surface area contributed by atoms with Gasteiger partial charge >= 0.3 is 80.1 Å². The lowest BCUT2D eigenvalue weighted by atomic mass is 10.1. The van der Waals surface area contributed by atoms with Crippen LogP contribution in [0.15, 0.2) is 96.1 Å². The Hall–Kier alpha value is -6.34. The van der Waals surface area contributed by atoms with Crippen molar-refractivity contribution in [1.29, 1.82) is 0 Å². The number of nitrogens with zero attached hydrogens (tertiary/aromatic N) is 10. The minimum Gasteiger partial charge on any atom is -0.383 e. The molecule has 7 aliphatic heterocycles. The molecule has 0 amide bonds. The molecular weight excluding hydrogens is 2050 g/mol. The van der Waals surface area contributed by atoms with E-state index in [4.69, 9.17) is 175 Å². The molecule has 0 radical (unpaired) electrons. The Morgan fingerprint density at radius 1 is 0.316 bits per heavy atom. The number of anilines is 3. The van der Waals surface area contributed by atoms with Gasteiger partial charge in [-0.1, -0.05) is 6.92 Å². The molecular formula is C71H97N17O36P6S6. The van der Waals surface area contributed by atoms with Crippen LogP contribution < -0.4 is 79.3 Å². The van der Waals surface area contributed by atoms with E-state index in [0.717, 1.165) is 29.0 Å². The van der Waals surface area contributed by atoms with Crippen LogP contribution in [-0.4, -0.2) is 215 Å². The Morgan fingerprint density at radius 3 is 0.765 bits per heavy atom. The first-order chi connectivity index (χ1) is 63.7. The number of hydrogen-bond donors (Lipinski definition) is 13. The van der Waals surface area contributed by atoms with Crippen LogP contribution in [-0.2, 0) is 158 Å². The molecule has 0 bridgehead atoms. The second kappa shape index (κ2) is 42.7. The molecule has 7 aromatic heterocycles. The minimum atomic E-state index is -4.77. The molecule has 7 aliphatic rings. The van der Waals surface area contributed by atoms with Gasteiger partial charge in [-0.3, -0.25) is 71.1 Å². The van der Waals surface area contributed by atoms with Gasteiger partial charge in [-0.2, -0.15) is 15.0 Å². The fraction of sp³-hybridized carbons (Fsp3) is 0.606. The monoisotopic (exact) mass is 2140 g/mol. The molecule has 65 heteroatoms. The van der Waals surface area contributed by atoms with E-state index >= 15 is 0 Å². The van der Waals surface area contributed by atoms with Gasteiger partial charge in [0.2, 0.25) is 0 Å². The number of H-pyrrole nitrogens is 4. The lowest BCUT2D eigenvalue weighted by molar-refractivity contribution is -0.0579. The van der Waals surface area contributed by atoms with Crippen LogP contribution in [0.3, 0.4) is 0 Å². The smallest absolute Gasteiger partial charge is 0.351 e. The molecule has 0 saturated carbocycles. The van der Waals surface area contributed by atoms with E-state index in [1.165, 1.54) is 74.0 Å². The van der Waals surface area contributed by atoms with Gasteiger partial charge < -0.3 is 134 Å². The van der Waals surface area contributed by atoms with Crippen molar-refractivity contribution in [2.45, 2.75) is 236 Å². The largest absolute Gasteiger partial charge is 0.383 e. The maximum Gasteiger partial charge on any atom is 0.351 e. The Labute approximate surface area is 797 Å². The summed E-state index contributed by atoms with van der Waals surface area (Å²) in [5.74, 6) is -0.185. The average Bonchev–Trinajstić information content (AvgIpc) is 1.68. The van der Waals surface area contributed by atoms with Gasteiger partial charge in [0, 0.05) is 121 Å². The van der Waals surface area contributed by atoms with E-state index in [2.05, 4.69) is 34.9 Å². The summed E-state index contributed by atoms with van der Waals surface area (Å²) >= 11 is 33.4. The van der Waals surface area contributed by atoms with Crippen molar-refractivity contribution in [3.8, 4) is 0 Å². The highest BCUT2D eigenvalue weighted by molar-refractivity contribution is 8.08. The number of rotatable bonds is 38. The van der Waals surface area contributed by atoms with E-state index in [1.54, 1.807) is 27.7 Å². The first-order valence-electron chi connectivity index (χ1n) is 41.6. The number of hydrogen-bond acceptors (Lipinski definition) is 42. The van der Waals surface area contributed by atoms with Crippen LogP contribution in [0.4, 0.5) is 17.5 Å². The Kier molecular flexibility index (Phi) is 33.1. The SMILES string of the molecule is CC[C@H]1O[C@@H](n2cc(C)c(N)nc2=O)C[C@H]1OP(O)(=S)OC[C@H]1O[C@@H](n2cc(C)c(=O)[nH]c2=O)C[C@H]1OP(O)(=S)OC[C@H]1O[C@@H](n2cc(C)c(=O)[nH]c2=O)C[C@H]1OP(O)(=S)OC[C@H]1O[C@@H](n2cc(C)c(=O)[nH]c2=O)C[C@H]1OP(O)(=S)OC[C@H]1O[C@@H](n2cc(C)c(N)nc2=O)C[C@H]1OP(O)(=S)OC[C@H]1O[C@@H](n2cc(C)c(N)nc2=O)C[C@H]1OP(O)(=S)OC[C@@H]1CC[C@H](n2cc(C)c(=O)[nH]c2=O)O1. The maximum absolute atomic E-state index is 13.6. The number of aromatic amines is 4. The summed E-state index contributed by atoms with van der Waals surface area (Å²) in [5.41, 5.74) is 10.6. The third-order valence-electron chi connectivity index (χ3n) is 22.9. The predicted octanol–water partition coefficient (Wildman–Crippen LogP) is 0.388. The van der Waals surface area contributed by atoms with Crippen molar-refractivity contribution in [3.63, 3.8) is 0 Å². The second-order valence-electron chi connectivity index (χ2n) is 32.7. The van der Waals surface area contributed by atoms with E-state index < -0.39 is 271 Å². The molecule has 26 atom stereocenters. The van der Waals surface area contributed by atoms with Gasteiger partial charge in [0.05, 0.1) is 88.5 Å². The highest BCUT2D eigenvalue weighted by atomic mass is 32.5. The Balaban J connectivity index is 0.659. The van der Waals surface area contributed by atoms with Crippen molar-refractivity contribution in [3.05, 3.63) is 197 Å². The summed E-state index contributed by atoms with van der Waals surface area (Å²) in [5, 5.41) is 0. The zero-order chi connectivity index (χ0) is 98.7. The zero-order valence-corrected chi connectivity index (χ0v) is 83.2. The topological polar surface area (TPSA) is 699 Å². The average molecular weight is 2140 g/mol. The second-order valence-corrected chi connectivity index (χ2v) is 49.5. The quantitative estimate of drug-likeness (QED) is 0.0233. The number of nitrogen functional groups attached to an aromatic ring is 3. The highest BCUT2D eigenvalue weighted by Gasteiger charge is 2.51. The fourth-order valence-corrected chi connectivity index (χ4v) is 24.7. The normalized spacial score (nSPS) is 29.6. The molecule has 14 rings (SSSR count). The number of nitrogens with two attached hydrogens (primary N) is 3. The summed E-state index contributed by atoms with van der Waals surface area (Å²) in [4.78, 5) is 235. The standard InChI is InChI=1S/C71H97N17O36P6S6/c1-9-39-40(12-52(113-39)83-18-31(2)58(72)75-65(83)93)119-126(101,132)107-26-48-43(15-55(116-48)86-22-35(6)62(90)79-69(86)97)122-129(104,135)110-29-50-45(17-57(118-50)88-24-37(8)64(92)81-71(88)99)124-130(105,136)111-30-49-44(16-56(117-49)87-23-36(7)63(91)80-70(87)98)123-128(103,134)109-28-47-42(14-54(115-47)85-20-33(4)60(74)77-67(85)95)121-127(102,133)108-27-46-41(13-53(114-46)84-19-32(3)59(73)76-66(84)94)120-125(100,131)106-25-38-10-11-51(112-38)82-21-34(5)61(89)78-68(82)96/h18-24,38-57H,9-17,25-30H2,1-8H3,(H,100,131)(H,101,132)(H,102,133)(H,103,134)(H,104,135)(H,105,136)(H2,72,75,93)(H2,73,76,94)(H2,74,77,95)(H,78,89,96)(H,79,90,97)(H,80,91,98)(H,81,92,99)/t38-,39+,40+,41+,42+,43+,44+,45+,46+,47+,48+,49+,50+,51+,52+,53+,54+,55+,56+,57+,125?,126?,127?,128?,129?,130?/m0/s1. The summed E-state index contributed by atoms with van der Waals surface area (Å²) in [6.45, 7) is -19.5. The first-order valence-corrected chi connectivity index (χ1v) is 57.2. The first kappa shape index (κ1) is 105. The van der Waals surface area contributed by atoms with E-state index in [0.29, 0.717) is 36.0 Å². The third-order valence-corrected chi connectivity index (χ3v) is 32.4. The summed E-state index contributed by atoms with van der Waals surface area (Å²) < 4.78 is 123. The molecule has 0 spiro atoms. The lowest BCUT2D eigenvalue weighted by Gasteiger charge is -2.28. The lowest BCUT2D eigenvalue weighted by Crippen LogP contribution is -2.33. The maximum atomic E-state index is 13.6. The molecule has 748 valence electrons. The Bertz CT molecular complexity index is 6740. The fourth-order valence-electron chi connectivity index (χ4n) is 15.8. The van der Waals surface area contributed by atoms with Gasteiger partial charge in [0.1, 0.15) is 91.6 Å². The van der Waals surface area contributed by atoms with Gasteiger partial charge in [-0.15, -0.1) is 0 Å². The van der Waals surface area contributed by atoms with Crippen LogP contribution in [0.5, 0.6) is 0 Å². The molecule has 136 heavy (non-hydrogen) atoms. The molecule has 7 saturated heterocycles. The van der Waals surface area contributed by atoms with Crippen molar-refractivity contribution >= 4 is 129 Å². The number of aromatic nitrogens is 14. The van der Waals surface area contributed by atoms with Gasteiger partial charge in [0.15, 0.2) is 0 Å². The van der Waals surface area contributed by atoms with Crippen molar-refractivity contribution in [2.75, 3.05) is 56.8 Å². The third kappa shape index (κ3) is 25.6.